The van der Waals surface area contributed by atoms with Crippen molar-refractivity contribution >= 4 is 23.0 Å². The molecule has 0 unspecified atom stereocenters. The first kappa shape index (κ1) is 18.0. The second-order valence-corrected chi connectivity index (χ2v) is 7.89. The summed E-state index contributed by atoms with van der Waals surface area (Å²) in [7, 11) is 0. The summed E-state index contributed by atoms with van der Waals surface area (Å²) in [6.45, 7) is 5.55. The van der Waals surface area contributed by atoms with Gasteiger partial charge in [0.25, 0.3) is 0 Å². The molecule has 7 heteroatoms. The Morgan fingerprint density at radius 1 is 1.30 bits per heavy atom. The number of fused-ring (bicyclic) bond motifs is 1. The molecular formula is C20H27N5O2. The van der Waals surface area contributed by atoms with E-state index >= 15 is 0 Å². The molecule has 3 N–H and O–H groups in total. The second kappa shape index (κ2) is 7.31. The lowest BCUT2D eigenvalue weighted by atomic mass is 9.96. The molecule has 144 valence electrons. The maximum atomic E-state index is 12.4. The minimum atomic E-state index is -0.379. The molecule has 2 fully saturated rings. The predicted molar refractivity (Wildman–Crippen MR) is 104 cm³/mol. The third-order valence-corrected chi connectivity index (χ3v) is 5.57. The maximum absolute atomic E-state index is 12.4. The Labute approximate surface area is 158 Å². The van der Waals surface area contributed by atoms with E-state index < -0.39 is 0 Å². The molecule has 4 rings (SSSR count). The highest BCUT2D eigenvalue weighted by Crippen LogP contribution is 2.28. The Bertz CT molecular complexity index is 857. The fraction of sp³-hybridized carbons (Fsp3) is 0.550. The van der Waals surface area contributed by atoms with Crippen LogP contribution in [0.25, 0.3) is 11.0 Å². The molecular weight excluding hydrogens is 342 g/mol. The number of imide groups is 1. The molecule has 3 amide bonds. The van der Waals surface area contributed by atoms with Crippen LogP contribution < -0.4 is 10.6 Å². The number of aryl methyl sites for hydroxylation is 1. The van der Waals surface area contributed by atoms with Gasteiger partial charge < -0.3 is 10.3 Å². The molecule has 2 atom stereocenters. The van der Waals surface area contributed by atoms with Crippen LogP contribution >= 0.6 is 0 Å². The number of benzene rings is 1. The van der Waals surface area contributed by atoms with Crippen LogP contribution in [0, 0.1) is 6.92 Å². The number of aromatic nitrogens is 2. The molecule has 27 heavy (non-hydrogen) atoms. The predicted octanol–water partition coefficient (Wildman–Crippen LogP) is 2.43. The van der Waals surface area contributed by atoms with E-state index in [1.165, 1.54) is 5.56 Å². The van der Waals surface area contributed by atoms with Crippen molar-refractivity contribution in [2.75, 3.05) is 13.1 Å². The summed E-state index contributed by atoms with van der Waals surface area (Å²) in [4.78, 5) is 34.6. The lowest BCUT2D eigenvalue weighted by Gasteiger charge is -2.35. The molecule has 1 aliphatic carbocycles. The van der Waals surface area contributed by atoms with Gasteiger partial charge in [0.05, 0.1) is 17.1 Å². The summed E-state index contributed by atoms with van der Waals surface area (Å²) in [6.07, 6.45) is 4.06. The van der Waals surface area contributed by atoms with Crippen LogP contribution in [0.1, 0.15) is 49.9 Å². The van der Waals surface area contributed by atoms with Gasteiger partial charge in [-0.1, -0.05) is 6.07 Å². The molecule has 0 bridgehead atoms. The number of carbonyl (C=O) groups excluding carboxylic acids is 2. The standard InChI is InChI=1S/C20H27N5O2/c1-12-5-8-16-17(10-12)23-18(22-16)14-4-3-9-25(11-14)13(2)19(26)24-20(27)21-15-6-7-15/h5,8,10,13-15H,3-4,6-7,9,11H2,1-2H3,(H,22,23)(H2,21,24,26,27)/t13-,14+/m1/s1. The highest BCUT2D eigenvalue weighted by molar-refractivity contribution is 5.97. The first-order chi connectivity index (χ1) is 13.0. The summed E-state index contributed by atoms with van der Waals surface area (Å²) in [5.41, 5.74) is 3.25. The van der Waals surface area contributed by atoms with Crippen LogP contribution in [0.2, 0.25) is 0 Å². The van der Waals surface area contributed by atoms with Gasteiger partial charge in [0.1, 0.15) is 5.82 Å². The van der Waals surface area contributed by atoms with Crippen LogP contribution in [0.3, 0.4) is 0 Å². The third-order valence-electron chi connectivity index (χ3n) is 5.57. The van der Waals surface area contributed by atoms with E-state index in [-0.39, 0.29) is 29.9 Å². The van der Waals surface area contributed by atoms with Crippen molar-refractivity contribution in [3.63, 3.8) is 0 Å². The average molecular weight is 369 g/mol. The summed E-state index contributed by atoms with van der Waals surface area (Å²) in [5.74, 6) is 1.01. The lowest BCUT2D eigenvalue weighted by molar-refractivity contribution is -0.125. The second-order valence-electron chi connectivity index (χ2n) is 7.89. The fourth-order valence-electron chi connectivity index (χ4n) is 3.75. The van der Waals surface area contributed by atoms with E-state index in [0.29, 0.717) is 0 Å². The number of amides is 3. The van der Waals surface area contributed by atoms with Gasteiger partial charge in [-0.2, -0.15) is 0 Å². The Balaban J connectivity index is 1.40. The number of hydrogen-bond donors (Lipinski definition) is 3. The van der Waals surface area contributed by atoms with Crippen molar-refractivity contribution in [2.45, 2.75) is 57.5 Å². The number of nitrogens with one attached hydrogen (secondary N) is 3. The zero-order valence-electron chi connectivity index (χ0n) is 15.9. The van der Waals surface area contributed by atoms with Crippen LogP contribution in [0.5, 0.6) is 0 Å². The maximum Gasteiger partial charge on any atom is 0.321 e. The molecule has 2 aromatic rings. The van der Waals surface area contributed by atoms with Gasteiger partial charge in [-0.15, -0.1) is 0 Å². The Morgan fingerprint density at radius 3 is 2.89 bits per heavy atom. The fourth-order valence-corrected chi connectivity index (χ4v) is 3.75. The zero-order valence-corrected chi connectivity index (χ0v) is 15.9. The number of hydrogen-bond acceptors (Lipinski definition) is 4. The number of imidazole rings is 1. The first-order valence-corrected chi connectivity index (χ1v) is 9.81. The molecule has 1 aliphatic heterocycles. The Kier molecular flexibility index (Phi) is 4.86. The van der Waals surface area contributed by atoms with Crippen LogP contribution in [0.15, 0.2) is 18.2 Å². The number of carbonyl (C=O) groups is 2. The van der Waals surface area contributed by atoms with Gasteiger partial charge in [-0.3, -0.25) is 15.0 Å². The number of H-pyrrole nitrogens is 1. The monoisotopic (exact) mass is 369 g/mol. The molecule has 1 saturated carbocycles. The number of piperidine rings is 1. The largest absolute Gasteiger partial charge is 0.342 e. The molecule has 1 saturated heterocycles. The quantitative estimate of drug-likeness (QED) is 0.772. The van der Waals surface area contributed by atoms with Crippen LogP contribution in [-0.4, -0.2) is 52.0 Å². The highest BCUT2D eigenvalue weighted by atomic mass is 16.2. The average Bonchev–Trinajstić information content (AvgIpc) is 3.36. The van der Waals surface area contributed by atoms with E-state index in [4.69, 9.17) is 4.98 Å². The lowest BCUT2D eigenvalue weighted by Crippen LogP contribution is -2.52. The highest BCUT2D eigenvalue weighted by Gasteiger charge is 2.31. The number of urea groups is 1. The molecule has 2 heterocycles. The number of nitrogens with zero attached hydrogens (tertiary/aromatic N) is 2. The Morgan fingerprint density at radius 2 is 2.11 bits per heavy atom. The summed E-state index contributed by atoms with van der Waals surface area (Å²) in [6, 6.07) is 5.74. The number of likely N-dealkylation sites (tertiary alicyclic amines) is 1. The van der Waals surface area contributed by atoms with Crippen molar-refractivity contribution in [3.8, 4) is 0 Å². The minimum absolute atomic E-state index is 0.240. The summed E-state index contributed by atoms with van der Waals surface area (Å²) < 4.78 is 0. The van der Waals surface area contributed by atoms with Crippen LogP contribution in [-0.2, 0) is 4.79 Å². The zero-order chi connectivity index (χ0) is 19.0. The molecule has 0 spiro atoms. The molecule has 7 nitrogen and oxygen atoms in total. The van der Waals surface area contributed by atoms with Gasteiger partial charge in [0, 0.05) is 18.5 Å². The SMILES string of the molecule is Cc1ccc2nc([C@H]3CCCN([C@H](C)C(=O)NC(=O)NC4CC4)C3)[nH]c2c1. The van der Waals surface area contributed by atoms with Gasteiger partial charge in [-0.05, 0) is 63.8 Å². The van der Waals surface area contributed by atoms with Crippen LogP contribution in [0.4, 0.5) is 4.79 Å². The number of aromatic amines is 1. The topological polar surface area (TPSA) is 90.1 Å². The van der Waals surface area contributed by atoms with E-state index in [0.717, 1.165) is 55.6 Å². The van der Waals surface area contributed by atoms with Crippen molar-refractivity contribution in [2.24, 2.45) is 0 Å². The molecule has 1 aromatic carbocycles. The van der Waals surface area contributed by atoms with Crippen molar-refractivity contribution in [3.05, 3.63) is 29.6 Å². The smallest absolute Gasteiger partial charge is 0.321 e. The Hall–Kier alpha value is -2.41. The molecule has 2 aliphatic rings. The minimum Gasteiger partial charge on any atom is -0.342 e. The summed E-state index contributed by atoms with van der Waals surface area (Å²) in [5, 5.41) is 5.27. The van der Waals surface area contributed by atoms with Gasteiger partial charge in [0.2, 0.25) is 5.91 Å². The van der Waals surface area contributed by atoms with Gasteiger partial charge >= 0.3 is 6.03 Å². The third kappa shape index (κ3) is 4.13. The van der Waals surface area contributed by atoms with E-state index in [9.17, 15) is 9.59 Å². The van der Waals surface area contributed by atoms with E-state index in [2.05, 4.69) is 39.6 Å². The van der Waals surface area contributed by atoms with Crippen molar-refractivity contribution in [1.82, 2.24) is 25.5 Å². The van der Waals surface area contributed by atoms with E-state index in [1.54, 1.807) is 0 Å². The van der Waals surface area contributed by atoms with Gasteiger partial charge in [0.15, 0.2) is 0 Å². The van der Waals surface area contributed by atoms with Crippen molar-refractivity contribution in [1.29, 1.82) is 0 Å². The summed E-state index contributed by atoms with van der Waals surface area (Å²) >= 11 is 0. The first-order valence-electron chi connectivity index (χ1n) is 9.81. The molecule has 0 radical (unpaired) electrons. The van der Waals surface area contributed by atoms with Gasteiger partial charge in [-0.25, -0.2) is 9.78 Å². The number of rotatable bonds is 4. The van der Waals surface area contributed by atoms with Crippen molar-refractivity contribution < 1.29 is 9.59 Å². The normalized spacial score (nSPS) is 21.8. The van der Waals surface area contributed by atoms with E-state index in [1.807, 2.05) is 13.0 Å². The molecule has 1 aromatic heterocycles.